The fraction of sp³-hybridized carbons (Fsp3) is 0.846. The quantitative estimate of drug-likeness (QED) is 0.870. The second kappa shape index (κ2) is 5.63. The number of hydrogen-bond acceptors (Lipinski definition) is 3. The molecule has 0 radical (unpaired) electrons. The molecule has 2 rings (SSSR count). The molecule has 1 fully saturated rings. The maximum atomic E-state index is 6.22. The monoisotopic (exact) mass is 236 g/mol. The van der Waals surface area contributed by atoms with Crippen molar-refractivity contribution in [1.82, 2.24) is 14.8 Å². The Hall–Kier alpha value is -0.900. The average Bonchev–Trinajstić information content (AvgIpc) is 2.72. The predicted octanol–water partition coefficient (Wildman–Crippen LogP) is 1.99. The molecule has 0 aromatic carbocycles. The molecular formula is C13H24N4. The lowest BCUT2D eigenvalue weighted by atomic mass is 9.77. The van der Waals surface area contributed by atoms with Crippen LogP contribution in [0.4, 0.5) is 0 Å². The van der Waals surface area contributed by atoms with Gasteiger partial charge in [0.05, 0.1) is 0 Å². The van der Waals surface area contributed by atoms with Crippen LogP contribution >= 0.6 is 0 Å². The number of nitrogens with two attached hydrogens (primary N) is 1. The van der Waals surface area contributed by atoms with Crippen LogP contribution in [0.5, 0.6) is 0 Å². The smallest absolute Gasteiger partial charge is 0.138 e. The molecule has 1 aromatic heterocycles. The molecule has 4 nitrogen and oxygen atoms in total. The van der Waals surface area contributed by atoms with Crippen molar-refractivity contribution < 1.29 is 0 Å². The molecule has 0 bridgehead atoms. The lowest BCUT2D eigenvalue weighted by molar-refractivity contribution is 0.239. The summed E-state index contributed by atoms with van der Waals surface area (Å²) in [6, 6.07) is 0.345. The molecule has 17 heavy (non-hydrogen) atoms. The molecule has 96 valence electrons. The van der Waals surface area contributed by atoms with Crippen molar-refractivity contribution in [3.63, 3.8) is 0 Å². The Kier molecular flexibility index (Phi) is 4.15. The van der Waals surface area contributed by atoms with Gasteiger partial charge in [0.2, 0.25) is 0 Å². The number of aromatic nitrogens is 3. The number of rotatable bonds is 4. The van der Waals surface area contributed by atoms with E-state index in [2.05, 4.69) is 23.9 Å². The van der Waals surface area contributed by atoms with Gasteiger partial charge in [-0.2, -0.15) is 5.10 Å². The lowest BCUT2D eigenvalue weighted by Gasteiger charge is -2.32. The van der Waals surface area contributed by atoms with E-state index in [1.165, 1.54) is 12.8 Å². The van der Waals surface area contributed by atoms with Crippen molar-refractivity contribution in [3.8, 4) is 0 Å². The standard InChI is InChI=1S/C13H24N4/c1-3-6-17-13(15-9-16-17)8-11-7-10(2)4-5-12(11)14/h9-12H,3-8,14H2,1-2H3. The highest BCUT2D eigenvalue weighted by Crippen LogP contribution is 2.29. The van der Waals surface area contributed by atoms with Crippen LogP contribution < -0.4 is 5.73 Å². The molecule has 3 atom stereocenters. The van der Waals surface area contributed by atoms with Gasteiger partial charge in [0, 0.05) is 19.0 Å². The molecule has 4 heteroatoms. The van der Waals surface area contributed by atoms with E-state index in [-0.39, 0.29) is 0 Å². The van der Waals surface area contributed by atoms with Gasteiger partial charge in [-0.25, -0.2) is 4.98 Å². The minimum absolute atomic E-state index is 0.345. The summed E-state index contributed by atoms with van der Waals surface area (Å²) >= 11 is 0. The van der Waals surface area contributed by atoms with E-state index in [0.717, 1.165) is 37.5 Å². The SMILES string of the molecule is CCCn1ncnc1CC1CC(C)CCC1N. The third-order valence-electron chi connectivity index (χ3n) is 3.88. The van der Waals surface area contributed by atoms with Crippen LogP contribution in [-0.4, -0.2) is 20.8 Å². The van der Waals surface area contributed by atoms with Gasteiger partial charge in [0.25, 0.3) is 0 Å². The molecule has 1 saturated carbocycles. The van der Waals surface area contributed by atoms with Crippen LogP contribution in [0.25, 0.3) is 0 Å². The van der Waals surface area contributed by atoms with Gasteiger partial charge in [0.15, 0.2) is 0 Å². The minimum Gasteiger partial charge on any atom is -0.327 e. The summed E-state index contributed by atoms with van der Waals surface area (Å²) in [4.78, 5) is 4.38. The van der Waals surface area contributed by atoms with Crippen LogP contribution in [0.15, 0.2) is 6.33 Å². The van der Waals surface area contributed by atoms with E-state index in [1.807, 2.05) is 4.68 Å². The normalized spacial score (nSPS) is 29.5. The molecular weight excluding hydrogens is 212 g/mol. The Balaban J connectivity index is 2.01. The number of nitrogens with zero attached hydrogens (tertiary/aromatic N) is 3. The predicted molar refractivity (Wildman–Crippen MR) is 68.5 cm³/mol. The zero-order chi connectivity index (χ0) is 12.3. The molecule has 1 heterocycles. The first-order valence-electron chi connectivity index (χ1n) is 6.83. The largest absolute Gasteiger partial charge is 0.327 e. The first-order valence-corrected chi connectivity index (χ1v) is 6.83. The van der Waals surface area contributed by atoms with Crippen molar-refractivity contribution in [2.75, 3.05) is 0 Å². The van der Waals surface area contributed by atoms with Gasteiger partial charge in [-0.05, 0) is 37.5 Å². The Morgan fingerprint density at radius 3 is 3.06 bits per heavy atom. The summed E-state index contributed by atoms with van der Waals surface area (Å²) in [6.45, 7) is 5.46. The van der Waals surface area contributed by atoms with E-state index in [0.29, 0.717) is 12.0 Å². The molecule has 0 amide bonds. The van der Waals surface area contributed by atoms with Crippen LogP contribution in [0.1, 0.15) is 45.4 Å². The molecule has 0 aliphatic heterocycles. The van der Waals surface area contributed by atoms with Crippen molar-refractivity contribution in [3.05, 3.63) is 12.2 Å². The lowest BCUT2D eigenvalue weighted by Crippen LogP contribution is -2.37. The van der Waals surface area contributed by atoms with Crippen LogP contribution in [0, 0.1) is 11.8 Å². The minimum atomic E-state index is 0.345. The zero-order valence-corrected chi connectivity index (χ0v) is 11.0. The van der Waals surface area contributed by atoms with Crippen molar-refractivity contribution in [1.29, 1.82) is 0 Å². The number of hydrogen-bond donors (Lipinski definition) is 1. The third-order valence-corrected chi connectivity index (χ3v) is 3.88. The summed E-state index contributed by atoms with van der Waals surface area (Å²) in [5, 5.41) is 4.28. The molecule has 3 unspecified atom stereocenters. The van der Waals surface area contributed by atoms with Gasteiger partial charge in [-0.1, -0.05) is 13.8 Å². The molecule has 0 spiro atoms. The van der Waals surface area contributed by atoms with Crippen molar-refractivity contribution >= 4 is 0 Å². The Labute approximate surface area is 104 Å². The first-order chi connectivity index (χ1) is 8.20. The van der Waals surface area contributed by atoms with Gasteiger partial charge >= 0.3 is 0 Å². The van der Waals surface area contributed by atoms with E-state index >= 15 is 0 Å². The van der Waals surface area contributed by atoms with Crippen LogP contribution in [0.3, 0.4) is 0 Å². The summed E-state index contributed by atoms with van der Waals surface area (Å²) in [7, 11) is 0. The number of aryl methyl sites for hydroxylation is 1. The second-order valence-electron chi connectivity index (χ2n) is 5.45. The summed E-state index contributed by atoms with van der Waals surface area (Å²) in [5.74, 6) is 2.50. The highest BCUT2D eigenvalue weighted by molar-refractivity contribution is 4.92. The van der Waals surface area contributed by atoms with Gasteiger partial charge in [0.1, 0.15) is 12.2 Å². The molecule has 1 aliphatic carbocycles. The summed E-state index contributed by atoms with van der Waals surface area (Å²) in [5.41, 5.74) is 6.22. The van der Waals surface area contributed by atoms with Crippen molar-refractivity contribution in [2.24, 2.45) is 17.6 Å². The van der Waals surface area contributed by atoms with Gasteiger partial charge < -0.3 is 5.73 Å². The van der Waals surface area contributed by atoms with E-state index in [4.69, 9.17) is 5.73 Å². The first kappa shape index (κ1) is 12.6. The van der Waals surface area contributed by atoms with E-state index in [1.54, 1.807) is 6.33 Å². The maximum absolute atomic E-state index is 6.22. The highest BCUT2D eigenvalue weighted by atomic mass is 15.3. The maximum Gasteiger partial charge on any atom is 0.138 e. The fourth-order valence-corrected chi connectivity index (χ4v) is 2.84. The average molecular weight is 236 g/mol. The summed E-state index contributed by atoms with van der Waals surface area (Å²) in [6.07, 6.45) is 7.44. The second-order valence-corrected chi connectivity index (χ2v) is 5.45. The van der Waals surface area contributed by atoms with Crippen molar-refractivity contribution in [2.45, 2.75) is 58.5 Å². The zero-order valence-electron chi connectivity index (χ0n) is 11.0. The summed E-state index contributed by atoms with van der Waals surface area (Å²) < 4.78 is 2.03. The highest BCUT2D eigenvalue weighted by Gasteiger charge is 2.27. The molecule has 2 N–H and O–H groups in total. The van der Waals surface area contributed by atoms with Crippen LogP contribution in [0.2, 0.25) is 0 Å². The van der Waals surface area contributed by atoms with Crippen LogP contribution in [-0.2, 0) is 13.0 Å². The fourth-order valence-electron chi connectivity index (χ4n) is 2.84. The Bertz CT molecular complexity index is 347. The Morgan fingerprint density at radius 2 is 2.29 bits per heavy atom. The Morgan fingerprint density at radius 1 is 1.47 bits per heavy atom. The topological polar surface area (TPSA) is 56.7 Å². The van der Waals surface area contributed by atoms with E-state index < -0.39 is 0 Å². The third kappa shape index (κ3) is 3.06. The molecule has 0 saturated heterocycles. The molecule has 1 aromatic rings. The molecule has 1 aliphatic rings. The van der Waals surface area contributed by atoms with Gasteiger partial charge in [-0.3, -0.25) is 4.68 Å². The van der Waals surface area contributed by atoms with Gasteiger partial charge in [-0.15, -0.1) is 0 Å². The van der Waals surface area contributed by atoms with E-state index in [9.17, 15) is 0 Å².